The molecule has 15 heteroatoms. The van der Waals surface area contributed by atoms with Crippen LogP contribution in [0.2, 0.25) is 0 Å². The van der Waals surface area contributed by atoms with Crippen LogP contribution in [-0.4, -0.2) is 151 Å². The average molecular weight is 887 g/mol. The number of nitrogens with zero attached hydrogens (tertiary/aromatic N) is 9. The molecule has 1 N–H and O–H groups in total. The molecule has 2 amide bonds. The molecule has 1 atom stereocenters. The lowest BCUT2D eigenvalue weighted by molar-refractivity contribution is -0.133. The second-order valence-corrected chi connectivity index (χ2v) is 18.1. The number of piperidine rings is 2. The quantitative estimate of drug-likeness (QED) is 0.120. The van der Waals surface area contributed by atoms with Crippen molar-refractivity contribution in [1.29, 1.82) is 5.26 Å². The van der Waals surface area contributed by atoms with Crippen molar-refractivity contribution in [1.82, 2.24) is 39.5 Å². The number of pyridine rings is 2. The van der Waals surface area contributed by atoms with Gasteiger partial charge in [0.15, 0.2) is 0 Å². The number of likely N-dealkylation sites (N-methyl/N-ethyl adjacent to an activating group) is 2. The Hall–Kier alpha value is -5.69. The van der Waals surface area contributed by atoms with E-state index in [4.69, 9.17) is 9.72 Å². The van der Waals surface area contributed by atoms with Gasteiger partial charge in [-0.3, -0.25) is 24.2 Å². The van der Waals surface area contributed by atoms with E-state index in [2.05, 4.69) is 61.2 Å². The maximum atomic E-state index is 13.4. The summed E-state index contributed by atoms with van der Waals surface area (Å²) in [7, 11) is 3.44. The Morgan fingerprint density at radius 1 is 1.00 bits per heavy atom. The summed E-state index contributed by atoms with van der Waals surface area (Å²) in [6, 6.07) is 14.1. The van der Waals surface area contributed by atoms with E-state index in [-0.39, 0.29) is 17.2 Å². The first-order valence-electron chi connectivity index (χ1n) is 23.5. The van der Waals surface area contributed by atoms with Gasteiger partial charge in [0.1, 0.15) is 30.2 Å². The second-order valence-electron chi connectivity index (χ2n) is 18.1. The number of likely N-dealkylation sites (tertiary alicyclic amines) is 1. The number of rotatable bonds is 19. The fourth-order valence-electron chi connectivity index (χ4n) is 10.2. The molecular formula is C50H66N10O5. The molecule has 15 nitrogen and oxygen atoms in total. The minimum atomic E-state index is -0.453. The lowest BCUT2D eigenvalue weighted by atomic mass is 9.75. The zero-order valence-corrected chi connectivity index (χ0v) is 38.7. The first-order chi connectivity index (χ1) is 31.6. The van der Waals surface area contributed by atoms with Gasteiger partial charge >= 0.3 is 0 Å². The van der Waals surface area contributed by atoms with Crippen LogP contribution in [-0.2, 0) is 20.9 Å². The number of hydrogen-bond donors (Lipinski definition) is 1. The number of carbonyl (C=O) groups is 4. The number of fused-ring (bicyclic) bond motifs is 1. The Bertz CT molecular complexity index is 2300. The van der Waals surface area contributed by atoms with Crippen molar-refractivity contribution in [3.63, 3.8) is 0 Å². The largest absolute Gasteiger partial charge is 0.492 e. The van der Waals surface area contributed by atoms with Crippen LogP contribution in [0.25, 0.3) is 16.6 Å². The fourth-order valence-corrected chi connectivity index (χ4v) is 10.2. The molecule has 0 bridgehead atoms. The predicted molar refractivity (Wildman–Crippen MR) is 251 cm³/mol. The highest BCUT2D eigenvalue weighted by Crippen LogP contribution is 2.38. The van der Waals surface area contributed by atoms with Crippen molar-refractivity contribution in [3.8, 4) is 22.9 Å². The summed E-state index contributed by atoms with van der Waals surface area (Å²) < 4.78 is 7.50. The molecule has 1 aromatic carbocycles. The van der Waals surface area contributed by atoms with E-state index in [9.17, 15) is 24.4 Å². The van der Waals surface area contributed by atoms with Gasteiger partial charge in [-0.25, -0.2) is 9.50 Å². The van der Waals surface area contributed by atoms with E-state index in [0.717, 1.165) is 144 Å². The number of carbonyl (C=O) groups excluding carboxylic acids is 4. The van der Waals surface area contributed by atoms with Crippen LogP contribution < -0.4 is 15.0 Å². The predicted octanol–water partition coefficient (Wildman–Crippen LogP) is 5.42. The van der Waals surface area contributed by atoms with Crippen LogP contribution in [0.4, 0.5) is 5.82 Å². The zero-order chi connectivity index (χ0) is 45.9. The number of aromatic nitrogens is 3. The van der Waals surface area contributed by atoms with Crippen LogP contribution in [0.5, 0.6) is 5.75 Å². The van der Waals surface area contributed by atoms with E-state index < -0.39 is 6.04 Å². The minimum Gasteiger partial charge on any atom is -0.492 e. The Morgan fingerprint density at radius 3 is 2.42 bits per heavy atom. The first-order valence-corrected chi connectivity index (χ1v) is 23.5. The number of hydrogen-bond acceptors (Lipinski definition) is 12. The van der Waals surface area contributed by atoms with Gasteiger partial charge in [-0.1, -0.05) is 19.1 Å². The number of amides is 2. The molecule has 3 aliphatic rings. The van der Waals surface area contributed by atoms with Crippen LogP contribution in [0.1, 0.15) is 98.2 Å². The van der Waals surface area contributed by atoms with Gasteiger partial charge < -0.3 is 29.5 Å². The molecular weight excluding hydrogens is 821 g/mol. The van der Waals surface area contributed by atoms with Gasteiger partial charge in [0.25, 0.3) is 0 Å². The normalized spacial score (nSPS) is 17.8. The molecule has 0 spiro atoms. The number of nitriles is 1. The molecule has 4 aromatic rings. The molecule has 3 saturated heterocycles. The molecule has 65 heavy (non-hydrogen) atoms. The molecule has 6 heterocycles. The Labute approximate surface area is 383 Å². The molecule has 0 radical (unpaired) electrons. The maximum absolute atomic E-state index is 13.4. The smallest absolute Gasteiger partial charge is 0.237 e. The highest BCUT2D eigenvalue weighted by atomic mass is 16.5. The van der Waals surface area contributed by atoms with Crippen molar-refractivity contribution in [2.24, 2.45) is 5.41 Å². The summed E-state index contributed by atoms with van der Waals surface area (Å²) in [5.41, 5.74) is 5.93. The van der Waals surface area contributed by atoms with Gasteiger partial charge in [0, 0.05) is 102 Å². The number of aldehydes is 2. The minimum absolute atomic E-state index is 0.144. The molecule has 7 rings (SSSR count). The molecule has 346 valence electrons. The van der Waals surface area contributed by atoms with Gasteiger partial charge in [-0.2, -0.15) is 10.4 Å². The lowest BCUT2D eigenvalue weighted by Gasteiger charge is -2.46. The Balaban J connectivity index is 0.836. The summed E-state index contributed by atoms with van der Waals surface area (Å²) in [5, 5.41) is 16.8. The Kier molecular flexibility index (Phi) is 16.0. The van der Waals surface area contributed by atoms with Gasteiger partial charge in [0.05, 0.1) is 36.1 Å². The van der Waals surface area contributed by atoms with Crippen molar-refractivity contribution >= 4 is 35.7 Å². The van der Waals surface area contributed by atoms with E-state index in [0.29, 0.717) is 55.2 Å². The monoisotopic (exact) mass is 887 g/mol. The van der Waals surface area contributed by atoms with E-state index in [1.165, 1.54) is 0 Å². The number of piperazine rings is 1. The maximum Gasteiger partial charge on any atom is 0.237 e. The van der Waals surface area contributed by atoms with Crippen molar-refractivity contribution in [2.75, 3.05) is 91.0 Å². The van der Waals surface area contributed by atoms with Crippen molar-refractivity contribution in [3.05, 3.63) is 77.2 Å². The van der Waals surface area contributed by atoms with Crippen molar-refractivity contribution in [2.45, 2.75) is 83.7 Å². The van der Waals surface area contributed by atoms with Crippen LogP contribution in [0, 0.1) is 16.7 Å². The molecule has 0 saturated carbocycles. The van der Waals surface area contributed by atoms with E-state index in [1.807, 2.05) is 43.3 Å². The third-order valence-corrected chi connectivity index (χ3v) is 14.3. The molecule has 3 aliphatic heterocycles. The summed E-state index contributed by atoms with van der Waals surface area (Å²) in [5.74, 6) is 2.10. The first kappa shape index (κ1) is 47.3. The SMILES string of the molecule is CCOc1cc(-c2ccc(N3CCC(CC)(CN4CCN(C(=O)CCN5CCC(c6ccc(CN(C)C(CCC=O)C(=O)NC)c(C=O)c6)CC5)CC4)CC3)nc2)c2c(C#N)cnn2c1. The number of benzene rings is 1. The van der Waals surface area contributed by atoms with Crippen LogP contribution in [0.3, 0.4) is 0 Å². The number of anilines is 1. The number of ether oxygens (including phenoxy) is 1. The van der Waals surface area contributed by atoms with E-state index in [1.54, 1.807) is 24.0 Å². The summed E-state index contributed by atoms with van der Waals surface area (Å²) in [4.78, 5) is 65.3. The van der Waals surface area contributed by atoms with Crippen LogP contribution >= 0.6 is 0 Å². The Morgan fingerprint density at radius 2 is 1.77 bits per heavy atom. The highest BCUT2D eigenvalue weighted by molar-refractivity contribution is 5.85. The van der Waals surface area contributed by atoms with Gasteiger partial charge in [-0.05, 0) is 112 Å². The topological polar surface area (TPSA) is 160 Å². The fraction of sp³-hybridized carbons (Fsp3) is 0.540. The van der Waals surface area contributed by atoms with Crippen LogP contribution in [0.15, 0.2) is 55.0 Å². The van der Waals surface area contributed by atoms with Gasteiger partial charge in [-0.15, -0.1) is 0 Å². The standard InChI is InChI=1S/C50H66N10O5/c1-5-50(16-21-58(22-17-50)46-12-11-39(31-53-46)44-29-43(65-6-2)34-60-48(44)42(30-51)32-54-60)36-57-23-25-59(26-24-57)47(63)15-20-56-18-13-37(14-19-56)38-9-10-40(41(28-38)35-62)33-55(4)45(8-7-27-61)49(64)52-3/h9-12,27-29,31-32,34-35,37,45H,5-8,13-26,33,36H2,1-4H3,(H,52,64). The molecule has 0 aliphatic carbocycles. The molecule has 3 aromatic heterocycles. The summed E-state index contributed by atoms with van der Waals surface area (Å²) >= 11 is 0. The summed E-state index contributed by atoms with van der Waals surface area (Å²) in [6.45, 7) is 14.1. The average Bonchev–Trinajstić information content (AvgIpc) is 3.77. The third kappa shape index (κ3) is 11.2. The lowest BCUT2D eigenvalue weighted by Crippen LogP contribution is -2.53. The van der Waals surface area contributed by atoms with E-state index >= 15 is 0 Å². The highest BCUT2D eigenvalue weighted by Gasteiger charge is 2.36. The second kappa shape index (κ2) is 22.0. The zero-order valence-electron chi connectivity index (χ0n) is 38.7. The number of nitrogens with one attached hydrogen (secondary N) is 1. The van der Waals surface area contributed by atoms with Crippen molar-refractivity contribution < 1.29 is 23.9 Å². The third-order valence-electron chi connectivity index (χ3n) is 14.3. The molecule has 3 fully saturated rings. The van der Waals surface area contributed by atoms with Gasteiger partial charge in [0.2, 0.25) is 11.8 Å². The summed E-state index contributed by atoms with van der Waals surface area (Å²) in [6.07, 6.45) is 13.5. The molecule has 1 unspecified atom stereocenters.